The molecule has 0 radical (unpaired) electrons. The van der Waals surface area contributed by atoms with E-state index in [-0.39, 0.29) is 0 Å². The van der Waals surface area contributed by atoms with Crippen LogP contribution < -0.4 is 5.73 Å². The summed E-state index contributed by atoms with van der Waals surface area (Å²) in [5.41, 5.74) is 8.32. The average molecular weight is 223 g/mol. The van der Waals surface area contributed by atoms with Crippen molar-refractivity contribution in [2.24, 2.45) is 5.73 Å². The quantitative estimate of drug-likeness (QED) is 0.841. The van der Waals surface area contributed by atoms with Crippen molar-refractivity contribution in [1.82, 2.24) is 15.0 Å². The summed E-state index contributed by atoms with van der Waals surface area (Å²) in [6.07, 6.45) is 1.64. The van der Waals surface area contributed by atoms with Gasteiger partial charge in [0.1, 0.15) is 0 Å². The van der Waals surface area contributed by atoms with Crippen LogP contribution in [0.5, 0.6) is 0 Å². The number of hydrogen-bond donors (Lipinski definition) is 1. The highest BCUT2D eigenvalue weighted by atomic mass is 35.5. The molecule has 0 amide bonds. The first-order valence-corrected chi connectivity index (χ1v) is 4.96. The van der Waals surface area contributed by atoms with Gasteiger partial charge in [-0.3, -0.25) is 0 Å². The van der Waals surface area contributed by atoms with Crippen LogP contribution in [0.15, 0.2) is 24.4 Å². The van der Waals surface area contributed by atoms with Crippen molar-refractivity contribution in [2.75, 3.05) is 0 Å². The summed E-state index contributed by atoms with van der Waals surface area (Å²) < 4.78 is 1.65. The molecule has 0 spiro atoms. The maximum atomic E-state index is 6.12. The predicted octanol–water partition coefficient (Wildman–Crippen LogP) is 1.69. The smallest absolute Gasteiger partial charge is 0.0853 e. The third kappa shape index (κ3) is 1.86. The van der Waals surface area contributed by atoms with Crippen LogP contribution in [0.25, 0.3) is 5.69 Å². The Bertz CT molecular complexity index is 478. The molecule has 0 aliphatic carbocycles. The molecule has 4 nitrogen and oxygen atoms in total. The van der Waals surface area contributed by atoms with Gasteiger partial charge in [0.05, 0.1) is 22.6 Å². The maximum absolute atomic E-state index is 6.12. The summed E-state index contributed by atoms with van der Waals surface area (Å²) in [7, 11) is 0. The molecule has 0 saturated carbocycles. The second-order valence-electron chi connectivity index (χ2n) is 3.30. The molecular weight excluding hydrogens is 212 g/mol. The topological polar surface area (TPSA) is 56.7 Å². The van der Waals surface area contributed by atoms with Crippen molar-refractivity contribution in [3.63, 3.8) is 0 Å². The molecule has 2 aromatic rings. The first-order valence-electron chi connectivity index (χ1n) is 4.58. The third-order valence-corrected chi connectivity index (χ3v) is 2.46. The monoisotopic (exact) mass is 222 g/mol. The molecule has 0 atom stereocenters. The predicted molar refractivity (Wildman–Crippen MR) is 59.0 cm³/mol. The van der Waals surface area contributed by atoms with Gasteiger partial charge in [-0.1, -0.05) is 22.9 Å². The lowest BCUT2D eigenvalue weighted by Crippen LogP contribution is -2.07. The van der Waals surface area contributed by atoms with E-state index in [4.69, 9.17) is 17.3 Å². The fourth-order valence-electron chi connectivity index (χ4n) is 1.38. The zero-order valence-electron chi connectivity index (χ0n) is 8.31. The van der Waals surface area contributed by atoms with E-state index in [2.05, 4.69) is 10.3 Å². The molecule has 0 aliphatic rings. The van der Waals surface area contributed by atoms with Crippen LogP contribution in [0.4, 0.5) is 0 Å². The Hall–Kier alpha value is -1.39. The summed E-state index contributed by atoms with van der Waals surface area (Å²) in [4.78, 5) is 0. The van der Waals surface area contributed by atoms with E-state index in [1.54, 1.807) is 10.9 Å². The van der Waals surface area contributed by atoms with Crippen molar-refractivity contribution < 1.29 is 0 Å². The van der Waals surface area contributed by atoms with E-state index in [9.17, 15) is 0 Å². The Kier molecular flexibility index (Phi) is 2.70. The molecule has 1 heterocycles. The molecule has 78 valence electrons. The number of aryl methyl sites for hydroxylation is 1. The van der Waals surface area contributed by atoms with Gasteiger partial charge in [-0.15, -0.1) is 5.10 Å². The molecule has 0 unspecified atom stereocenters. The van der Waals surface area contributed by atoms with E-state index in [1.807, 2.05) is 25.1 Å². The van der Waals surface area contributed by atoms with Crippen LogP contribution in [0.1, 0.15) is 11.3 Å². The molecule has 15 heavy (non-hydrogen) atoms. The van der Waals surface area contributed by atoms with Crippen molar-refractivity contribution >= 4 is 11.6 Å². The first-order chi connectivity index (χ1) is 7.22. The molecule has 5 heteroatoms. The summed E-state index contributed by atoms with van der Waals surface area (Å²) in [6, 6.07) is 5.77. The highest BCUT2D eigenvalue weighted by Crippen LogP contribution is 2.21. The normalized spacial score (nSPS) is 10.6. The largest absolute Gasteiger partial charge is 0.325 e. The lowest BCUT2D eigenvalue weighted by molar-refractivity contribution is 0.761. The zero-order chi connectivity index (χ0) is 10.8. The number of aromatic nitrogens is 3. The van der Waals surface area contributed by atoms with E-state index in [1.165, 1.54) is 0 Å². The molecule has 2 rings (SSSR count). The van der Waals surface area contributed by atoms with Crippen LogP contribution in [0.2, 0.25) is 5.02 Å². The van der Waals surface area contributed by atoms with E-state index >= 15 is 0 Å². The Morgan fingerprint density at radius 2 is 2.27 bits per heavy atom. The van der Waals surface area contributed by atoms with Crippen molar-refractivity contribution in [3.8, 4) is 5.69 Å². The molecule has 0 fully saturated rings. The van der Waals surface area contributed by atoms with Gasteiger partial charge in [-0.2, -0.15) is 0 Å². The summed E-state index contributed by atoms with van der Waals surface area (Å²) >= 11 is 6.12. The Labute approximate surface area is 92.7 Å². The SMILES string of the molecule is Cc1ccc(-n2nncc2CN)c(Cl)c1. The Morgan fingerprint density at radius 3 is 2.93 bits per heavy atom. The fourth-order valence-corrected chi connectivity index (χ4v) is 1.70. The fraction of sp³-hybridized carbons (Fsp3) is 0.200. The van der Waals surface area contributed by atoms with E-state index in [0.29, 0.717) is 11.6 Å². The zero-order valence-corrected chi connectivity index (χ0v) is 9.07. The summed E-state index contributed by atoms with van der Waals surface area (Å²) in [5.74, 6) is 0. The number of nitrogens with two attached hydrogens (primary N) is 1. The minimum Gasteiger partial charge on any atom is -0.325 e. The third-order valence-electron chi connectivity index (χ3n) is 2.16. The van der Waals surface area contributed by atoms with Gasteiger partial charge in [0.15, 0.2) is 0 Å². The molecule has 0 saturated heterocycles. The van der Waals surface area contributed by atoms with Gasteiger partial charge >= 0.3 is 0 Å². The standard InChI is InChI=1S/C10H11ClN4/c1-7-2-3-10(9(11)4-7)15-8(5-12)6-13-14-15/h2-4,6H,5,12H2,1H3. The summed E-state index contributed by atoms with van der Waals surface area (Å²) in [6.45, 7) is 2.37. The number of nitrogens with zero attached hydrogens (tertiary/aromatic N) is 3. The highest BCUT2D eigenvalue weighted by molar-refractivity contribution is 6.32. The van der Waals surface area contributed by atoms with Gasteiger partial charge in [-0.25, -0.2) is 4.68 Å². The highest BCUT2D eigenvalue weighted by Gasteiger charge is 2.08. The van der Waals surface area contributed by atoms with Gasteiger partial charge in [0, 0.05) is 6.54 Å². The van der Waals surface area contributed by atoms with E-state index < -0.39 is 0 Å². The van der Waals surface area contributed by atoms with Crippen LogP contribution in [-0.4, -0.2) is 15.0 Å². The lowest BCUT2D eigenvalue weighted by atomic mass is 10.2. The van der Waals surface area contributed by atoms with Crippen LogP contribution in [-0.2, 0) is 6.54 Å². The van der Waals surface area contributed by atoms with Crippen LogP contribution in [0.3, 0.4) is 0 Å². The van der Waals surface area contributed by atoms with Gasteiger partial charge < -0.3 is 5.73 Å². The molecular formula is C10H11ClN4. The minimum atomic E-state index is 0.386. The first kappa shape index (κ1) is 10.1. The van der Waals surface area contributed by atoms with E-state index in [0.717, 1.165) is 16.9 Å². The van der Waals surface area contributed by atoms with Gasteiger partial charge in [0.2, 0.25) is 0 Å². The molecule has 1 aromatic heterocycles. The number of hydrogen-bond acceptors (Lipinski definition) is 3. The molecule has 2 N–H and O–H groups in total. The molecule has 0 aliphatic heterocycles. The van der Waals surface area contributed by atoms with Gasteiger partial charge in [-0.05, 0) is 24.6 Å². The second kappa shape index (κ2) is 4.00. The van der Waals surface area contributed by atoms with Crippen LogP contribution >= 0.6 is 11.6 Å². The minimum absolute atomic E-state index is 0.386. The number of benzene rings is 1. The summed E-state index contributed by atoms with van der Waals surface area (Å²) in [5, 5.41) is 8.41. The van der Waals surface area contributed by atoms with Crippen molar-refractivity contribution in [3.05, 3.63) is 40.7 Å². The Balaban J connectivity index is 2.54. The van der Waals surface area contributed by atoms with Crippen molar-refractivity contribution in [2.45, 2.75) is 13.5 Å². The van der Waals surface area contributed by atoms with Crippen LogP contribution in [0, 0.1) is 6.92 Å². The average Bonchev–Trinajstić information content (AvgIpc) is 2.65. The number of halogens is 1. The second-order valence-corrected chi connectivity index (χ2v) is 3.70. The van der Waals surface area contributed by atoms with Gasteiger partial charge in [0.25, 0.3) is 0 Å². The number of rotatable bonds is 2. The van der Waals surface area contributed by atoms with Crippen molar-refractivity contribution in [1.29, 1.82) is 0 Å². The maximum Gasteiger partial charge on any atom is 0.0853 e. The lowest BCUT2D eigenvalue weighted by Gasteiger charge is -2.07. The molecule has 1 aromatic carbocycles. The Morgan fingerprint density at radius 1 is 1.47 bits per heavy atom. The molecule has 0 bridgehead atoms.